The van der Waals surface area contributed by atoms with Crippen LogP contribution in [0.4, 0.5) is 0 Å². The average Bonchev–Trinajstić information content (AvgIpc) is 2.84. The van der Waals surface area contributed by atoms with Crippen LogP contribution in [0.1, 0.15) is 23.9 Å². The van der Waals surface area contributed by atoms with Gasteiger partial charge in [0, 0.05) is 11.4 Å². The highest BCUT2D eigenvalue weighted by Gasteiger charge is 2.26. The molecule has 0 fully saturated rings. The van der Waals surface area contributed by atoms with E-state index in [1.54, 1.807) is 4.57 Å². The number of benzene rings is 1. The third kappa shape index (κ3) is 1.38. The Labute approximate surface area is 96.9 Å². The summed E-state index contributed by atoms with van der Waals surface area (Å²) in [6.07, 6.45) is 1.76. The molecule has 1 unspecified atom stereocenters. The van der Waals surface area contributed by atoms with Gasteiger partial charge in [0.15, 0.2) is 0 Å². The van der Waals surface area contributed by atoms with Crippen LogP contribution in [0, 0.1) is 0 Å². The molecule has 1 atom stereocenters. The zero-order valence-electron chi connectivity index (χ0n) is 8.48. The number of aryl methyl sites for hydroxylation is 1. The summed E-state index contributed by atoms with van der Waals surface area (Å²) in [5.41, 5.74) is 0.971. The van der Waals surface area contributed by atoms with Gasteiger partial charge in [0.05, 0.1) is 6.04 Å². The highest BCUT2D eigenvalue weighted by atomic mass is 35.5. The first-order valence-electron chi connectivity index (χ1n) is 5.17. The number of aromatic nitrogens is 3. The van der Waals surface area contributed by atoms with Crippen molar-refractivity contribution in [2.45, 2.75) is 18.9 Å². The van der Waals surface area contributed by atoms with Gasteiger partial charge in [-0.1, -0.05) is 23.7 Å². The third-order valence-electron chi connectivity index (χ3n) is 2.99. The largest absolute Gasteiger partial charge is 0.343 e. The summed E-state index contributed by atoms with van der Waals surface area (Å²) in [5.74, 6) is 0.838. The minimum Gasteiger partial charge on any atom is -0.271 e. The molecule has 1 aromatic carbocycles. The van der Waals surface area contributed by atoms with E-state index < -0.39 is 0 Å². The lowest BCUT2D eigenvalue weighted by molar-refractivity contribution is 0.598. The summed E-state index contributed by atoms with van der Waals surface area (Å²) in [5, 5.41) is 7.18. The standard InChI is InChI=1S/C11H10ClN3O/c12-8-3-1-7(2-4-8)9-5-6-10-13-14-11(16)15(9)10/h1-4,9H,5-6H2,(H,14,16). The number of halogens is 1. The van der Waals surface area contributed by atoms with Gasteiger partial charge in [0.1, 0.15) is 5.82 Å². The topological polar surface area (TPSA) is 50.7 Å². The molecule has 1 aliphatic heterocycles. The summed E-state index contributed by atoms with van der Waals surface area (Å²) in [6.45, 7) is 0. The van der Waals surface area contributed by atoms with Crippen molar-refractivity contribution in [1.82, 2.24) is 14.8 Å². The minimum absolute atomic E-state index is 0.0958. The zero-order valence-corrected chi connectivity index (χ0v) is 9.24. The molecule has 1 aromatic heterocycles. The summed E-state index contributed by atoms with van der Waals surface area (Å²) >= 11 is 5.84. The Balaban J connectivity index is 2.07. The molecule has 3 rings (SSSR count). The highest BCUT2D eigenvalue weighted by molar-refractivity contribution is 6.30. The highest BCUT2D eigenvalue weighted by Crippen LogP contribution is 2.29. The van der Waals surface area contributed by atoms with E-state index in [1.165, 1.54) is 0 Å². The van der Waals surface area contributed by atoms with Crippen molar-refractivity contribution in [2.75, 3.05) is 0 Å². The van der Waals surface area contributed by atoms with Crippen LogP contribution in [0.25, 0.3) is 0 Å². The number of rotatable bonds is 1. The van der Waals surface area contributed by atoms with Gasteiger partial charge in [-0.15, -0.1) is 0 Å². The van der Waals surface area contributed by atoms with E-state index in [1.807, 2.05) is 24.3 Å². The van der Waals surface area contributed by atoms with Crippen molar-refractivity contribution >= 4 is 11.6 Å². The smallest absolute Gasteiger partial charge is 0.271 e. The molecule has 0 amide bonds. The van der Waals surface area contributed by atoms with E-state index in [9.17, 15) is 4.79 Å². The Bertz CT molecular complexity index is 570. The van der Waals surface area contributed by atoms with Crippen LogP contribution in [-0.2, 0) is 6.42 Å². The van der Waals surface area contributed by atoms with Crippen LogP contribution in [-0.4, -0.2) is 14.8 Å². The molecular formula is C11H10ClN3O. The Morgan fingerprint density at radius 3 is 2.88 bits per heavy atom. The molecular weight excluding hydrogens is 226 g/mol. The summed E-state index contributed by atoms with van der Waals surface area (Å²) in [4.78, 5) is 11.6. The molecule has 82 valence electrons. The molecule has 4 nitrogen and oxygen atoms in total. The van der Waals surface area contributed by atoms with Crippen LogP contribution < -0.4 is 5.69 Å². The number of hydrogen-bond acceptors (Lipinski definition) is 2. The van der Waals surface area contributed by atoms with Crippen molar-refractivity contribution in [3.63, 3.8) is 0 Å². The molecule has 0 aliphatic carbocycles. The molecule has 1 N–H and O–H groups in total. The molecule has 1 aliphatic rings. The van der Waals surface area contributed by atoms with Gasteiger partial charge in [-0.05, 0) is 24.1 Å². The van der Waals surface area contributed by atoms with Gasteiger partial charge in [0.2, 0.25) is 0 Å². The van der Waals surface area contributed by atoms with Crippen LogP contribution in [0.5, 0.6) is 0 Å². The number of nitrogens with zero attached hydrogens (tertiary/aromatic N) is 2. The number of hydrogen-bond donors (Lipinski definition) is 1. The number of H-pyrrole nitrogens is 1. The first-order chi connectivity index (χ1) is 7.75. The Hall–Kier alpha value is -1.55. The van der Waals surface area contributed by atoms with Crippen LogP contribution in [0.3, 0.4) is 0 Å². The molecule has 0 saturated heterocycles. The average molecular weight is 236 g/mol. The van der Waals surface area contributed by atoms with Gasteiger partial charge in [0.25, 0.3) is 0 Å². The van der Waals surface area contributed by atoms with Crippen molar-refractivity contribution < 1.29 is 0 Å². The first kappa shape index (κ1) is 9.66. The number of nitrogens with one attached hydrogen (secondary N) is 1. The van der Waals surface area contributed by atoms with Gasteiger partial charge in [-0.2, -0.15) is 5.10 Å². The second-order valence-corrected chi connectivity index (χ2v) is 4.36. The van der Waals surface area contributed by atoms with E-state index in [-0.39, 0.29) is 11.7 Å². The lowest BCUT2D eigenvalue weighted by atomic mass is 10.1. The molecule has 0 saturated carbocycles. The Morgan fingerprint density at radius 2 is 2.12 bits per heavy atom. The monoisotopic (exact) mass is 235 g/mol. The molecule has 16 heavy (non-hydrogen) atoms. The molecule has 0 radical (unpaired) electrons. The minimum atomic E-state index is -0.132. The van der Waals surface area contributed by atoms with Crippen molar-refractivity contribution in [3.05, 3.63) is 51.2 Å². The summed E-state index contributed by atoms with van der Waals surface area (Å²) < 4.78 is 1.73. The van der Waals surface area contributed by atoms with Crippen molar-refractivity contribution in [1.29, 1.82) is 0 Å². The molecule has 0 bridgehead atoms. The van der Waals surface area contributed by atoms with Crippen molar-refractivity contribution in [3.8, 4) is 0 Å². The maximum atomic E-state index is 11.6. The Kier molecular flexibility index (Phi) is 2.11. The second-order valence-electron chi connectivity index (χ2n) is 3.92. The molecule has 2 heterocycles. The van der Waals surface area contributed by atoms with Crippen LogP contribution >= 0.6 is 11.6 Å². The fourth-order valence-electron chi connectivity index (χ4n) is 2.23. The molecule has 2 aromatic rings. The normalized spacial score (nSPS) is 18.7. The quantitative estimate of drug-likeness (QED) is 0.819. The summed E-state index contributed by atoms with van der Waals surface area (Å²) in [7, 11) is 0. The fourth-order valence-corrected chi connectivity index (χ4v) is 2.36. The van der Waals surface area contributed by atoms with Gasteiger partial charge >= 0.3 is 5.69 Å². The predicted octanol–water partition coefficient (Wildman–Crippen LogP) is 1.76. The maximum Gasteiger partial charge on any atom is 0.343 e. The lowest BCUT2D eigenvalue weighted by Crippen LogP contribution is -2.20. The van der Waals surface area contributed by atoms with E-state index in [0.717, 1.165) is 24.2 Å². The summed E-state index contributed by atoms with van der Waals surface area (Å²) in [6, 6.07) is 7.71. The predicted molar refractivity (Wildman–Crippen MR) is 60.8 cm³/mol. The number of fused-ring (bicyclic) bond motifs is 1. The Morgan fingerprint density at radius 1 is 1.38 bits per heavy atom. The van der Waals surface area contributed by atoms with E-state index in [2.05, 4.69) is 10.2 Å². The first-order valence-corrected chi connectivity index (χ1v) is 5.55. The third-order valence-corrected chi connectivity index (χ3v) is 3.24. The van der Waals surface area contributed by atoms with E-state index in [4.69, 9.17) is 11.6 Å². The van der Waals surface area contributed by atoms with Crippen molar-refractivity contribution in [2.24, 2.45) is 0 Å². The van der Waals surface area contributed by atoms with Gasteiger partial charge < -0.3 is 0 Å². The van der Waals surface area contributed by atoms with Crippen LogP contribution in [0.15, 0.2) is 29.1 Å². The van der Waals surface area contributed by atoms with Gasteiger partial charge in [-0.3, -0.25) is 4.57 Å². The SMILES string of the molecule is O=c1[nH]nc2n1C(c1ccc(Cl)cc1)CC2. The second kappa shape index (κ2) is 3.49. The van der Waals surface area contributed by atoms with E-state index >= 15 is 0 Å². The fraction of sp³-hybridized carbons (Fsp3) is 0.273. The van der Waals surface area contributed by atoms with Gasteiger partial charge in [-0.25, -0.2) is 9.89 Å². The maximum absolute atomic E-state index is 11.6. The van der Waals surface area contributed by atoms with E-state index in [0.29, 0.717) is 5.02 Å². The molecule has 0 spiro atoms. The van der Waals surface area contributed by atoms with Crippen LogP contribution in [0.2, 0.25) is 5.02 Å². The lowest BCUT2D eigenvalue weighted by Gasteiger charge is -2.11. The number of aromatic amines is 1. The molecule has 5 heteroatoms. The zero-order chi connectivity index (χ0) is 11.1.